The Morgan fingerprint density at radius 2 is 2.04 bits per heavy atom. The van der Waals surface area contributed by atoms with Gasteiger partial charge >= 0.3 is 0 Å². The molecule has 6 heteroatoms. The molecule has 1 saturated carbocycles. The summed E-state index contributed by atoms with van der Waals surface area (Å²) in [6.07, 6.45) is 3.53. The van der Waals surface area contributed by atoms with Crippen LogP contribution in [0.4, 0.5) is 0 Å². The first-order valence-corrected chi connectivity index (χ1v) is 9.42. The van der Waals surface area contributed by atoms with Gasteiger partial charge < -0.3 is 10.1 Å². The average molecular weight is 349 g/mol. The highest BCUT2D eigenvalue weighted by Gasteiger charge is 2.35. The summed E-state index contributed by atoms with van der Waals surface area (Å²) in [6.45, 7) is 3.71. The van der Waals surface area contributed by atoms with Crippen LogP contribution in [-0.4, -0.2) is 45.0 Å². The predicted molar refractivity (Wildman–Crippen MR) is 99.5 cm³/mol. The number of para-hydroxylation sites is 1. The Bertz CT molecular complexity index is 937. The molecule has 1 aromatic carbocycles. The van der Waals surface area contributed by atoms with E-state index in [2.05, 4.69) is 22.5 Å². The van der Waals surface area contributed by atoms with Crippen molar-refractivity contribution in [1.82, 2.24) is 25.1 Å². The molecule has 1 saturated heterocycles. The monoisotopic (exact) mass is 349 g/mol. The van der Waals surface area contributed by atoms with E-state index in [1.165, 1.54) is 0 Å². The zero-order chi connectivity index (χ0) is 17.5. The lowest BCUT2D eigenvalue weighted by molar-refractivity contribution is -0.0281. The fourth-order valence-corrected chi connectivity index (χ4v) is 4.28. The van der Waals surface area contributed by atoms with Crippen LogP contribution < -0.4 is 5.32 Å². The van der Waals surface area contributed by atoms with Crippen LogP contribution in [0.3, 0.4) is 0 Å². The predicted octanol–water partition coefficient (Wildman–Crippen LogP) is 2.75. The van der Waals surface area contributed by atoms with Gasteiger partial charge in [-0.25, -0.2) is 9.97 Å². The summed E-state index contributed by atoms with van der Waals surface area (Å²) in [7, 11) is 0. The Morgan fingerprint density at radius 3 is 3.00 bits per heavy atom. The largest absolute Gasteiger partial charge is 0.375 e. The minimum absolute atomic E-state index is 0.344. The smallest absolute Gasteiger partial charge is 0.156 e. The summed E-state index contributed by atoms with van der Waals surface area (Å²) in [6, 6.07) is 12.7. The molecule has 3 heterocycles. The molecule has 2 fully saturated rings. The van der Waals surface area contributed by atoms with Crippen LogP contribution in [0.25, 0.3) is 16.7 Å². The normalized spacial score (nSPS) is 26.0. The van der Waals surface area contributed by atoms with E-state index < -0.39 is 0 Å². The molecule has 1 aliphatic carbocycles. The van der Waals surface area contributed by atoms with Crippen molar-refractivity contribution in [2.24, 2.45) is 0 Å². The second kappa shape index (κ2) is 6.45. The van der Waals surface area contributed by atoms with E-state index in [1.54, 1.807) is 0 Å². The Hall–Kier alpha value is -2.31. The van der Waals surface area contributed by atoms with E-state index in [0.717, 1.165) is 60.8 Å². The molecule has 0 radical (unpaired) electrons. The van der Waals surface area contributed by atoms with E-state index in [9.17, 15) is 0 Å². The van der Waals surface area contributed by atoms with Crippen molar-refractivity contribution in [3.8, 4) is 5.82 Å². The SMILES string of the molecule is Cc1nc([C@H]2CC[C@H]3OCCN[C@@H]3C2)n(-c2ccc3ccccc3n2)n1. The molecule has 3 aromatic rings. The van der Waals surface area contributed by atoms with Crippen LogP contribution in [0.1, 0.15) is 36.8 Å². The van der Waals surface area contributed by atoms with Gasteiger partial charge in [0, 0.05) is 23.9 Å². The highest BCUT2D eigenvalue weighted by molar-refractivity contribution is 5.79. The molecule has 2 aliphatic rings. The maximum absolute atomic E-state index is 5.92. The maximum atomic E-state index is 5.92. The van der Waals surface area contributed by atoms with Crippen molar-refractivity contribution in [1.29, 1.82) is 0 Å². The zero-order valence-electron chi connectivity index (χ0n) is 14.9. The Labute approximate surface area is 152 Å². The van der Waals surface area contributed by atoms with E-state index in [1.807, 2.05) is 35.9 Å². The first-order valence-electron chi connectivity index (χ1n) is 9.42. The molecule has 26 heavy (non-hydrogen) atoms. The van der Waals surface area contributed by atoms with Gasteiger partial charge in [-0.1, -0.05) is 18.2 Å². The van der Waals surface area contributed by atoms with Gasteiger partial charge in [0.25, 0.3) is 0 Å². The number of nitrogens with one attached hydrogen (secondary N) is 1. The van der Waals surface area contributed by atoms with Gasteiger partial charge in [-0.2, -0.15) is 4.68 Å². The number of rotatable bonds is 2. The zero-order valence-corrected chi connectivity index (χ0v) is 14.9. The fraction of sp³-hybridized carbons (Fsp3) is 0.450. The Morgan fingerprint density at radius 1 is 1.12 bits per heavy atom. The number of fused-ring (bicyclic) bond motifs is 2. The molecule has 0 unspecified atom stereocenters. The standard InChI is InChI=1S/C20H23N5O/c1-13-22-20(15-6-8-18-17(12-15)21-10-11-26-18)25(24-13)19-9-7-14-4-2-3-5-16(14)23-19/h2-5,7,9,15,17-18,21H,6,8,10-12H2,1H3/t15-,17+,18+/m0/s1. The van der Waals surface area contributed by atoms with Gasteiger partial charge in [-0.15, -0.1) is 5.10 Å². The van der Waals surface area contributed by atoms with Gasteiger partial charge in [0.05, 0.1) is 18.2 Å². The molecule has 0 spiro atoms. The summed E-state index contributed by atoms with van der Waals surface area (Å²) < 4.78 is 7.86. The first kappa shape index (κ1) is 15.9. The van der Waals surface area contributed by atoms with E-state index in [4.69, 9.17) is 14.7 Å². The molecule has 5 rings (SSSR count). The van der Waals surface area contributed by atoms with Crippen molar-refractivity contribution in [3.05, 3.63) is 48.0 Å². The third kappa shape index (κ3) is 2.79. The van der Waals surface area contributed by atoms with Crippen LogP contribution in [0, 0.1) is 6.92 Å². The molecule has 1 N–H and O–H groups in total. The van der Waals surface area contributed by atoms with Crippen molar-refractivity contribution in [2.75, 3.05) is 13.2 Å². The van der Waals surface area contributed by atoms with Crippen LogP contribution in [-0.2, 0) is 4.74 Å². The lowest BCUT2D eigenvalue weighted by Gasteiger charge is -2.39. The van der Waals surface area contributed by atoms with Gasteiger partial charge in [0.1, 0.15) is 11.6 Å². The van der Waals surface area contributed by atoms with Crippen molar-refractivity contribution in [3.63, 3.8) is 0 Å². The van der Waals surface area contributed by atoms with Crippen LogP contribution >= 0.6 is 0 Å². The summed E-state index contributed by atoms with van der Waals surface area (Å²) in [4.78, 5) is 9.59. The van der Waals surface area contributed by atoms with E-state index in [0.29, 0.717) is 18.1 Å². The van der Waals surface area contributed by atoms with Crippen LogP contribution in [0.15, 0.2) is 36.4 Å². The number of nitrogens with zero attached hydrogens (tertiary/aromatic N) is 4. The molecule has 1 aliphatic heterocycles. The minimum atomic E-state index is 0.344. The summed E-state index contributed by atoms with van der Waals surface area (Å²) in [5.41, 5.74) is 0.982. The average Bonchev–Trinajstić information content (AvgIpc) is 3.09. The number of morpholine rings is 1. The quantitative estimate of drug-likeness (QED) is 0.771. The fourth-order valence-electron chi connectivity index (χ4n) is 4.28. The lowest BCUT2D eigenvalue weighted by Crippen LogP contribution is -2.51. The second-order valence-electron chi connectivity index (χ2n) is 7.27. The number of aromatic nitrogens is 4. The number of hydrogen-bond donors (Lipinski definition) is 1. The second-order valence-corrected chi connectivity index (χ2v) is 7.27. The lowest BCUT2D eigenvalue weighted by atomic mass is 9.82. The summed E-state index contributed by atoms with van der Waals surface area (Å²) >= 11 is 0. The number of pyridine rings is 1. The number of ether oxygens (including phenoxy) is 1. The molecular weight excluding hydrogens is 326 g/mol. The third-order valence-electron chi connectivity index (χ3n) is 5.53. The third-order valence-corrected chi connectivity index (χ3v) is 5.53. The Balaban J connectivity index is 1.50. The Kier molecular flexibility index (Phi) is 3.94. The van der Waals surface area contributed by atoms with Crippen LogP contribution in [0.5, 0.6) is 0 Å². The molecule has 134 valence electrons. The van der Waals surface area contributed by atoms with Gasteiger partial charge in [0.15, 0.2) is 5.82 Å². The molecular formula is C20H23N5O. The number of benzene rings is 1. The van der Waals surface area contributed by atoms with Crippen molar-refractivity contribution < 1.29 is 4.74 Å². The van der Waals surface area contributed by atoms with Crippen molar-refractivity contribution in [2.45, 2.75) is 44.2 Å². The van der Waals surface area contributed by atoms with Crippen LogP contribution in [0.2, 0.25) is 0 Å². The van der Waals surface area contributed by atoms with Gasteiger partial charge in [-0.3, -0.25) is 0 Å². The van der Waals surface area contributed by atoms with Gasteiger partial charge in [0.2, 0.25) is 0 Å². The van der Waals surface area contributed by atoms with Crippen molar-refractivity contribution >= 4 is 10.9 Å². The number of aryl methyl sites for hydroxylation is 1. The minimum Gasteiger partial charge on any atom is -0.375 e. The molecule has 6 nitrogen and oxygen atoms in total. The molecule has 0 bridgehead atoms. The maximum Gasteiger partial charge on any atom is 0.156 e. The van der Waals surface area contributed by atoms with E-state index in [-0.39, 0.29) is 0 Å². The van der Waals surface area contributed by atoms with Gasteiger partial charge in [-0.05, 0) is 44.4 Å². The first-order chi connectivity index (χ1) is 12.8. The van der Waals surface area contributed by atoms with E-state index >= 15 is 0 Å². The number of hydrogen-bond acceptors (Lipinski definition) is 5. The molecule has 3 atom stereocenters. The summed E-state index contributed by atoms with van der Waals surface area (Å²) in [5, 5.41) is 9.41. The topological polar surface area (TPSA) is 64.9 Å². The molecule has 2 aromatic heterocycles. The highest BCUT2D eigenvalue weighted by atomic mass is 16.5. The highest BCUT2D eigenvalue weighted by Crippen LogP contribution is 2.35. The summed E-state index contributed by atoms with van der Waals surface area (Å²) in [5.74, 6) is 3.04. The molecule has 0 amide bonds.